The molecule has 1 aromatic carbocycles. The Morgan fingerprint density at radius 1 is 1.00 bits per heavy atom. The fraction of sp³-hybridized carbons (Fsp3) is 0.150. The van der Waals surface area contributed by atoms with Gasteiger partial charge in [0.2, 0.25) is 0 Å². The third-order valence-corrected chi connectivity index (χ3v) is 4.03. The van der Waals surface area contributed by atoms with E-state index >= 15 is 0 Å². The Morgan fingerprint density at radius 3 is 2.68 bits per heavy atom. The van der Waals surface area contributed by atoms with Crippen LogP contribution in [0.4, 0.5) is 11.4 Å². The van der Waals surface area contributed by atoms with Gasteiger partial charge < -0.3 is 10.6 Å². The van der Waals surface area contributed by atoms with Crippen LogP contribution >= 0.6 is 0 Å². The minimum Gasteiger partial charge on any atom is -0.355 e. The lowest BCUT2D eigenvalue weighted by Gasteiger charge is -2.12. The van der Waals surface area contributed by atoms with Crippen molar-refractivity contribution in [2.45, 2.75) is 20.4 Å². The minimum absolute atomic E-state index is 0.227. The summed E-state index contributed by atoms with van der Waals surface area (Å²) in [5, 5.41) is 6.18. The van der Waals surface area contributed by atoms with Crippen LogP contribution in [0.25, 0.3) is 0 Å². The first-order valence-corrected chi connectivity index (χ1v) is 8.11. The molecule has 0 atom stereocenters. The zero-order chi connectivity index (χ0) is 17.6. The number of hydrogen-bond acceptors (Lipinski definition) is 4. The summed E-state index contributed by atoms with van der Waals surface area (Å²) in [5.74, 6) is -0.227. The van der Waals surface area contributed by atoms with Crippen molar-refractivity contribution < 1.29 is 4.79 Å². The molecule has 0 saturated carbocycles. The van der Waals surface area contributed by atoms with Crippen LogP contribution in [0, 0.1) is 13.8 Å². The van der Waals surface area contributed by atoms with Gasteiger partial charge in [0.25, 0.3) is 5.91 Å². The zero-order valence-electron chi connectivity index (χ0n) is 14.3. The van der Waals surface area contributed by atoms with Crippen LogP contribution in [0.2, 0.25) is 0 Å². The second-order valence-electron chi connectivity index (χ2n) is 5.81. The maximum atomic E-state index is 12.3. The molecule has 2 N–H and O–H groups in total. The lowest BCUT2D eigenvalue weighted by atomic mass is 10.1. The van der Waals surface area contributed by atoms with Crippen molar-refractivity contribution in [3.05, 3.63) is 83.4 Å². The van der Waals surface area contributed by atoms with Gasteiger partial charge in [0, 0.05) is 23.8 Å². The van der Waals surface area contributed by atoms with Crippen molar-refractivity contribution >= 4 is 17.3 Å². The number of rotatable bonds is 5. The van der Waals surface area contributed by atoms with Crippen LogP contribution in [-0.4, -0.2) is 15.9 Å². The van der Waals surface area contributed by atoms with Gasteiger partial charge in [0.15, 0.2) is 0 Å². The van der Waals surface area contributed by atoms with Gasteiger partial charge in [0.1, 0.15) is 5.69 Å². The van der Waals surface area contributed by atoms with E-state index in [9.17, 15) is 4.79 Å². The molecule has 2 aromatic heterocycles. The van der Waals surface area contributed by atoms with Crippen LogP contribution < -0.4 is 10.6 Å². The molecule has 0 fully saturated rings. The molecule has 0 aliphatic carbocycles. The van der Waals surface area contributed by atoms with Crippen molar-refractivity contribution in [1.82, 2.24) is 15.3 Å². The minimum atomic E-state index is -0.227. The van der Waals surface area contributed by atoms with Crippen LogP contribution in [0.5, 0.6) is 0 Å². The molecule has 0 unspecified atom stereocenters. The number of amides is 1. The molecule has 3 aromatic rings. The summed E-state index contributed by atoms with van der Waals surface area (Å²) in [6.07, 6.45) is 3.33. The average Bonchev–Trinajstić information content (AvgIpc) is 2.64. The van der Waals surface area contributed by atoms with Gasteiger partial charge in [-0.3, -0.25) is 14.8 Å². The van der Waals surface area contributed by atoms with Crippen molar-refractivity contribution in [3.63, 3.8) is 0 Å². The van der Waals surface area contributed by atoms with Gasteiger partial charge in [-0.2, -0.15) is 0 Å². The van der Waals surface area contributed by atoms with Crippen molar-refractivity contribution in [2.24, 2.45) is 0 Å². The summed E-state index contributed by atoms with van der Waals surface area (Å²) in [6.45, 7) is 4.51. The number of carbonyl (C=O) groups excluding carboxylic acids is 1. The van der Waals surface area contributed by atoms with E-state index in [0.717, 1.165) is 17.1 Å². The summed E-state index contributed by atoms with van der Waals surface area (Å²) in [5.41, 5.74) is 5.41. The van der Waals surface area contributed by atoms with E-state index in [-0.39, 0.29) is 5.91 Å². The summed E-state index contributed by atoms with van der Waals surface area (Å²) >= 11 is 0. The molecule has 5 nitrogen and oxygen atoms in total. The SMILES string of the molecule is Cc1cccc(Nc2ccnc(C(=O)NCc3ccccn3)c2)c1C. The monoisotopic (exact) mass is 332 g/mol. The lowest BCUT2D eigenvalue weighted by Crippen LogP contribution is -2.24. The van der Waals surface area contributed by atoms with E-state index < -0.39 is 0 Å². The molecule has 0 bridgehead atoms. The predicted molar refractivity (Wildman–Crippen MR) is 98.8 cm³/mol. The Bertz CT molecular complexity index is 878. The Morgan fingerprint density at radius 2 is 1.88 bits per heavy atom. The molecule has 2 heterocycles. The molecule has 0 aliphatic heterocycles. The number of aromatic nitrogens is 2. The van der Waals surface area contributed by atoms with Crippen molar-refractivity contribution in [2.75, 3.05) is 5.32 Å². The predicted octanol–water partition coefficient (Wildman–Crippen LogP) is 3.77. The second kappa shape index (κ2) is 7.57. The molecule has 0 spiro atoms. The summed E-state index contributed by atoms with van der Waals surface area (Å²) in [6, 6.07) is 15.3. The first-order chi connectivity index (χ1) is 12.1. The number of pyridine rings is 2. The number of hydrogen-bond donors (Lipinski definition) is 2. The van der Waals surface area contributed by atoms with Crippen molar-refractivity contribution in [3.8, 4) is 0 Å². The largest absolute Gasteiger partial charge is 0.355 e. The van der Waals surface area contributed by atoms with E-state index in [4.69, 9.17) is 0 Å². The van der Waals surface area contributed by atoms with E-state index in [1.165, 1.54) is 11.1 Å². The first-order valence-electron chi connectivity index (χ1n) is 8.11. The smallest absolute Gasteiger partial charge is 0.270 e. The summed E-state index contributed by atoms with van der Waals surface area (Å²) in [7, 11) is 0. The fourth-order valence-corrected chi connectivity index (χ4v) is 2.44. The van der Waals surface area contributed by atoms with Gasteiger partial charge in [-0.15, -0.1) is 0 Å². The maximum absolute atomic E-state index is 12.3. The number of nitrogens with one attached hydrogen (secondary N) is 2. The molecule has 126 valence electrons. The highest BCUT2D eigenvalue weighted by atomic mass is 16.1. The highest BCUT2D eigenvalue weighted by molar-refractivity contribution is 5.93. The van der Waals surface area contributed by atoms with Crippen LogP contribution in [-0.2, 0) is 6.54 Å². The number of aryl methyl sites for hydroxylation is 1. The topological polar surface area (TPSA) is 66.9 Å². The average molecular weight is 332 g/mol. The molecule has 3 rings (SSSR count). The van der Waals surface area contributed by atoms with E-state index in [2.05, 4.69) is 40.5 Å². The summed E-state index contributed by atoms with van der Waals surface area (Å²) < 4.78 is 0. The molecule has 0 saturated heterocycles. The number of nitrogens with zero attached hydrogens (tertiary/aromatic N) is 2. The third kappa shape index (κ3) is 4.20. The Labute approximate surface area is 147 Å². The molecule has 0 radical (unpaired) electrons. The first kappa shape index (κ1) is 16.6. The molecule has 0 aliphatic rings. The van der Waals surface area contributed by atoms with E-state index in [0.29, 0.717) is 12.2 Å². The lowest BCUT2D eigenvalue weighted by molar-refractivity contribution is 0.0945. The van der Waals surface area contributed by atoms with Gasteiger partial charge in [-0.25, -0.2) is 0 Å². The van der Waals surface area contributed by atoms with E-state index in [1.807, 2.05) is 36.4 Å². The fourth-order valence-electron chi connectivity index (χ4n) is 2.44. The molecular formula is C20H20N4O. The second-order valence-corrected chi connectivity index (χ2v) is 5.81. The highest BCUT2D eigenvalue weighted by Gasteiger charge is 2.09. The van der Waals surface area contributed by atoms with Crippen molar-refractivity contribution in [1.29, 1.82) is 0 Å². The molecule has 5 heteroatoms. The van der Waals surface area contributed by atoms with Crippen LogP contribution in [0.3, 0.4) is 0 Å². The molecular weight excluding hydrogens is 312 g/mol. The quantitative estimate of drug-likeness (QED) is 0.746. The van der Waals surface area contributed by atoms with Gasteiger partial charge in [-0.1, -0.05) is 18.2 Å². The Kier molecular flexibility index (Phi) is 5.04. The maximum Gasteiger partial charge on any atom is 0.270 e. The number of benzene rings is 1. The molecule has 25 heavy (non-hydrogen) atoms. The normalized spacial score (nSPS) is 10.3. The highest BCUT2D eigenvalue weighted by Crippen LogP contribution is 2.22. The number of carbonyl (C=O) groups is 1. The standard InChI is InChI=1S/C20H20N4O/c1-14-6-5-8-18(15(14)2)24-16-9-11-22-19(12-16)20(25)23-13-17-7-3-4-10-21-17/h3-12H,13H2,1-2H3,(H,22,24)(H,23,25). The Hall–Kier alpha value is -3.21. The Balaban J connectivity index is 1.70. The van der Waals surface area contributed by atoms with Gasteiger partial charge in [-0.05, 0) is 55.3 Å². The van der Waals surface area contributed by atoms with Gasteiger partial charge >= 0.3 is 0 Å². The zero-order valence-corrected chi connectivity index (χ0v) is 14.3. The molecule has 1 amide bonds. The van der Waals surface area contributed by atoms with Gasteiger partial charge in [0.05, 0.1) is 12.2 Å². The van der Waals surface area contributed by atoms with E-state index in [1.54, 1.807) is 18.5 Å². The summed E-state index contributed by atoms with van der Waals surface area (Å²) in [4.78, 5) is 20.7. The van der Waals surface area contributed by atoms with Crippen LogP contribution in [0.1, 0.15) is 27.3 Å². The number of anilines is 2. The van der Waals surface area contributed by atoms with Crippen LogP contribution in [0.15, 0.2) is 60.9 Å². The third-order valence-electron chi connectivity index (χ3n) is 4.03.